The van der Waals surface area contributed by atoms with Gasteiger partial charge in [0.15, 0.2) is 0 Å². The largest absolute Gasteiger partial charge is 0.416 e. The van der Waals surface area contributed by atoms with E-state index in [2.05, 4.69) is 15.6 Å². The van der Waals surface area contributed by atoms with Gasteiger partial charge in [-0.2, -0.15) is 13.2 Å². The van der Waals surface area contributed by atoms with Crippen molar-refractivity contribution in [2.75, 3.05) is 23.1 Å². The Morgan fingerprint density at radius 3 is 2.50 bits per heavy atom. The zero-order valence-corrected chi connectivity index (χ0v) is 25.1. The van der Waals surface area contributed by atoms with E-state index < -0.39 is 40.6 Å². The first-order valence-electron chi connectivity index (χ1n) is 14.5. The normalized spacial score (nSPS) is 17.0. The Morgan fingerprint density at radius 2 is 1.82 bits per heavy atom. The molecule has 0 bridgehead atoms. The predicted molar refractivity (Wildman–Crippen MR) is 168 cm³/mol. The number of hydrogen-bond acceptors (Lipinski definition) is 6. The summed E-state index contributed by atoms with van der Waals surface area (Å²) in [5.74, 6) is -0.185. The van der Waals surface area contributed by atoms with Gasteiger partial charge < -0.3 is 20.7 Å². The van der Waals surface area contributed by atoms with Crippen LogP contribution in [0.25, 0.3) is 10.9 Å². The number of carbonyl (C=O) groups is 1. The molecular weight excluding hydrogens is 593 g/mol. The quantitative estimate of drug-likeness (QED) is 0.119. The van der Waals surface area contributed by atoms with Crippen molar-refractivity contribution in [3.63, 3.8) is 0 Å². The number of aryl methyl sites for hydroxylation is 1. The van der Waals surface area contributed by atoms with E-state index >= 15 is 0 Å². The number of rotatable bonds is 11. The number of anilines is 1. The van der Waals surface area contributed by atoms with Crippen LogP contribution < -0.4 is 14.9 Å². The van der Waals surface area contributed by atoms with Crippen LogP contribution in [0.2, 0.25) is 0 Å². The van der Waals surface area contributed by atoms with Gasteiger partial charge in [-0.15, -0.1) is 10.8 Å². The van der Waals surface area contributed by atoms with E-state index in [4.69, 9.17) is 0 Å². The molecule has 8 nitrogen and oxygen atoms in total. The van der Waals surface area contributed by atoms with Crippen molar-refractivity contribution in [1.29, 1.82) is 0 Å². The molecule has 0 radical (unpaired) electrons. The SMILES string of the molecule is CCc1c[nH]c2c(N3CCCS3(O)O)cc(C(=O)N[C@@H](Cc3ccccc3)[C@H](O)CNCc3cccc(C(F)(F)F)c3)cc12. The van der Waals surface area contributed by atoms with Gasteiger partial charge in [-0.1, -0.05) is 55.5 Å². The summed E-state index contributed by atoms with van der Waals surface area (Å²) < 4.78 is 62.4. The van der Waals surface area contributed by atoms with Crippen LogP contribution in [0, 0.1) is 0 Å². The number of amides is 1. The fourth-order valence-electron chi connectivity index (χ4n) is 5.59. The topological polar surface area (TPSA) is 121 Å². The third-order valence-corrected chi connectivity index (χ3v) is 9.84. The lowest BCUT2D eigenvalue weighted by Gasteiger charge is -2.38. The summed E-state index contributed by atoms with van der Waals surface area (Å²) in [6.07, 6.45) is -2.04. The fourth-order valence-corrected chi connectivity index (χ4v) is 7.21. The molecule has 2 heterocycles. The van der Waals surface area contributed by atoms with Crippen LogP contribution in [0.4, 0.5) is 18.9 Å². The Kier molecular flexibility index (Phi) is 9.56. The highest BCUT2D eigenvalue weighted by Gasteiger charge is 2.32. The second-order valence-electron chi connectivity index (χ2n) is 11.0. The van der Waals surface area contributed by atoms with E-state index in [0.717, 1.165) is 34.2 Å². The molecule has 0 spiro atoms. The first-order chi connectivity index (χ1) is 21.0. The number of fused-ring (bicyclic) bond motifs is 1. The Bertz CT molecular complexity index is 1600. The second kappa shape index (κ2) is 13.2. The van der Waals surface area contributed by atoms with Crippen molar-refractivity contribution in [3.05, 3.63) is 101 Å². The molecule has 236 valence electrons. The number of aliphatic hydroxyl groups is 1. The first kappa shape index (κ1) is 31.9. The standard InChI is InChI=1S/C32H37F3N4O4S/c1-2-23-19-37-30-26(23)16-24(17-28(30)39-12-7-13-44(39,42)43)31(41)38-27(15-21-8-4-3-5-9-21)29(40)20-36-18-22-10-6-11-25(14-22)32(33,34)35/h3-6,8-11,14,16-17,19,27,29,36-37,40,42-43H,2,7,12-13,15,18,20H2,1H3,(H,38,41)/t27-,29+/m0/s1. The third kappa shape index (κ3) is 7.22. The Morgan fingerprint density at radius 1 is 1.07 bits per heavy atom. The number of benzene rings is 3. The number of hydrogen-bond donors (Lipinski definition) is 6. The lowest BCUT2D eigenvalue weighted by molar-refractivity contribution is -0.137. The highest BCUT2D eigenvalue weighted by molar-refractivity contribution is 8.25. The average molecular weight is 631 g/mol. The van der Waals surface area contributed by atoms with E-state index in [9.17, 15) is 32.2 Å². The van der Waals surface area contributed by atoms with Gasteiger partial charge in [0.05, 0.1) is 34.7 Å². The Labute approximate surface area is 255 Å². The minimum atomic E-state index is -4.45. The van der Waals surface area contributed by atoms with Gasteiger partial charge in [0, 0.05) is 36.8 Å². The predicted octanol–water partition coefficient (Wildman–Crippen LogP) is 6.12. The number of alkyl halides is 3. The highest BCUT2D eigenvalue weighted by atomic mass is 32.3. The van der Waals surface area contributed by atoms with Gasteiger partial charge in [0.2, 0.25) is 0 Å². The molecule has 44 heavy (non-hydrogen) atoms. The van der Waals surface area contributed by atoms with Crippen LogP contribution >= 0.6 is 10.8 Å². The van der Waals surface area contributed by atoms with Gasteiger partial charge in [-0.05, 0) is 54.2 Å². The summed E-state index contributed by atoms with van der Waals surface area (Å²) >= 11 is 0. The minimum absolute atomic E-state index is 0.0186. The van der Waals surface area contributed by atoms with Crippen LogP contribution in [0.5, 0.6) is 0 Å². The number of nitrogens with one attached hydrogen (secondary N) is 3. The second-order valence-corrected chi connectivity index (χ2v) is 13.2. The summed E-state index contributed by atoms with van der Waals surface area (Å²) in [7, 11) is -3.02. The molecule has 1 aliphatic heterocycles. The van der Waals surface area contributed by atoms with Crippen molar-refractivity contribution >= 4 is 33.3 Å². The number of halogens is 3. The zero-order chi connectivity index (χ0) is 31.5. The third-order valence-electron chi connectivity index (χ3n) is 7.91. The van der Waals surface area contributed by atoms with Crippen molar-refractivity contribution < 1.29 is 32.2 Å². The number of aliphatic hydroxyl groups excluding tert-OH is 1. The molecule has 1 amide bonds. The summed E-state index contributed by atoms with van der Waals surface area (Å²) in [5.41, 5.74) is 3.11. The van der Waals surface area contributed by atoms with Crippen molar-refractivity contribution in [3.8, 4) is 0 Å². The molecule has 0 unspecified atom stereocenters. The van der Waals surface area contributed by atoms with Crippen LogP contribution in [0.3, 0.4) is 0 Å². The number of carbonyl (C=O) groups excluding carboxylic acids is 1. The lowest BCUT2D eigenvalue weighted by atomic mass is 9.99. The monoisotopic (exact) mass is 630 g/mol. The molecule has 1 saturated heterocycles. The first-order valence-corrected chi connectivity index (χ1v) is 16.2. The van der Waals surface area contributed by atoms with Crippen LogP contribution in [-0.4, -0.2) is 56.1 Å². The van der Waals surface area contributed by atoms with Gasteiger partial charge >= 0.3 is 6.18 Å². The molecule has 0 aliphatic carbocycles. The molecule has 4 aromatic rings. The highest BCUT2D eigenvalue weighted by Crippen LogP contribution is 2.52. The summed E-state index contributed by atoms with van der Waals surface area (Å²) in [5, 5.41) is 18.0. The Balaban J connectivity index is 1.37. The van der Waals surface area contributed by atoms with Gasteiger partial charge in [-0.3, -0.25) is 18.2 Å². The van der Waals surface area contributed by atoms with Gasteiger partial charge in [0.1, 0.15) is 0 Å². The van der Waals surface area contributed by atoms with Crippen molar-refractivity contribution in [2.45, 2.75) is 51.1 Å². The number of nitrogens with zero attached hydrogens (tertiary/aromatic N) is 1. The average Bonchev–Trinajstić information content (AvgIpc) is 3.58. The summed E-state index contributed by atoms with van der Waals surface area (Å²) in [6, 6.07) is 17.0. The number of H-pyrrole nitrogens is 1. The van der Waals surface area contributed by atoms with Crippen LogP contribution in [-0.2, 0) is 25.6 Å². The van der Waals surface area contributed by atoms with E-state index in [1.807, 2.05) is 43.5 Å². The smallest absolute Gasteiger partial charge is 0.390 e. The molecule has 6 N–H and O–H groups in total. The van der Waals surface area contributed by atoms with E-state index in [0.29, 0.717) is 42.6 Å². The number of aromatic nitrogens is 1. The van der Waals surface area contributed by atoms with E-state index in [1.165, 1.54) is 6.07 Å². The minimum Gasteiger partial charge on any atom is -0.390 e. The summed E-state index contributed by atoms with van der Waals surface area (Å²) in [4.78, 5) is 17.0. The maximum Gasteiger partial charge on any atom is 0.416 e. The maximum absolute atomic E-state index is 13.8. The number of aromatic amines is 1. The fraction of sp³-hybridized carbons (Fsp3) is 0.344. The van der Waals surface area contributed by atoms with Crippen LogP contribution in [0.1, 0.15) is 46.0 Å². The van der Waals surface area contributed by atoms with Crippen molar-refractivity contribution in [1.82, 2.24) is 15.6 Å². The molecule has 1 aromatic heterocycles. The molecule has 1 aliphatic rings. The van der Waals surface area contributed by atoms with E-state index in [1.54, 1.807) is 22.5 Å². The van der Waals surface area contributed by atoms with E-state index in [-0.39, 0.29) is 18.8 Å². The molecule has 12 heteroatoms. The maximum atomic E-state index is 13.8. The lowest BCUT2D eigenvalue weighted by Crippen LogP contribution is -2.48. The molecule has 0 saturated carbocycles. The Hall–Kier alpha value is -3.55. The van der Waals surface area contributed by atoms with Crippen LogP contribution in [0.15, 0.2) is 72.9 Å². The molecule has 3 aromatic carbocycles. The zero-order valence-electron chi connectivity index (χ0n) is 24.3. The van der Waals surface area contributed by atoms with Crippen molar-refractivity contribution in [2.24, 2.45) is 0 Å². The van der Waals surface area contributed by atoms with Gasteiger partial charge in [0.25, 0.3) is 5.91 Å². The summed E-state index contributed by atoms with van der Waals surface area (Å²) in [6.45, 7) is 2.56. The van der Waals surface area contributed by atoms with Gasteiger partial charge in [-0.25, -0.2) is 0 Å². The molecule has 2 atom stereocenters. The molecular formula is C32H37F3N4O4S. The molecule has 1 fully saturated rings. The molecule has 5 rings (SSSR count).